The lowest BCUT2D eigenvalue weighted by Crippen LogP contribution is -2.42. The predicted molar refractivity (Wildman–Crippen MR) is 104 cm³/mol. The van der Waals surface area contributed by atoms with Crippen molar-refractivity contribution in [2.45, 2.75) is 19.9 Å². The fraction of sp³-hybridized carbons (Fsp3) is 0.312. The normalized spacial score (nSPS) is 17.0. The Labute approximate surface area is 171 Å². The van der Waals surface area contributed by atoms with E-state index in [2.05, 4.69) is 36.6 Å². The van der Waals surface area contributed by atoms with E-state index < -0.39 is 23.2 Å². The first-order valence-corrected chi connectivity index (χ1v) is 9.81. The molecule has 1 N–H and O–H groups in total. The molecule has 1 aromatic carbocycles. The van der Waals surface area contributed by atoms with Crippen molar-refractivity contribution >= 4 is 66.8 Å². The third-order valence-electron chi connectivity index (χ3n) is 3.51. The van der Waals surface area contributed by atoms with Gasteiger partial charge in [0.05, 0.1) is 23.1 Å². The van der Waals surface area contributed by atoms with Crippen molar-refractivity contribution in [1.82, 2.24) is 4.90 Å². The summed E-state index contributed by atoms with van der Waals surface area (Å²) in [7, 11) is 1.19. The average molecular weight is 509 g/mol. The number of esters is 1. The lowest BCUT2D eigenvalue weighted by atomic mass is 10.1. The smallest absolute Gasteiger partial charge is 0.328 e. The van der Waals surface area contributed by atoms with Gasteiger partial charge in [-0.1, -0.05) is 0 Å². The predicted octanol–water partition coefficient (Wildman–Crippen LogP) is 3.91. The van der Waals surface area contributed by atoms with E-state index in [9.17, 15) is 19.5 Å². The number of imide groups is 1. The van der Waals surface area contributed by atoms with Gasteiger partial charge in [-0.05, 0) is 75.2 Å². The van der Waals surface area contributed by atoms with Gasteiger partial charge in [0.1, 0.15) is 6.04 Å². The van der Waals surface area contributed by atoms with Gasteiger partial charge in [0, 0.05) is 4.47 Å². The molecule has 0 saturated carbocycles. The van der Waals surface area contributed by atoms with E-state index in [0.29, 0.717) is 21.1 Å². The quantitative estimate of drug-likeness (QED) is 0.476. The second kappa shape index (κ2) is 8.45. The molecule has 2 rings (SSSR count). The summed E-state index contributed by atoms with van der Waals surface area (Å²) in [4.78, 5) is 37.4. The van der Waals surface area contributed by atoms with E-state index in [1.54, 1.807) is 13.0 Å². The number of rotatable bonds is 5. The van der Waals surface area contributed by atoms with Crippen molar-refractivity contribution in [2.24, 2.45) is 0 Å². The molecule has 0 spiro atoms. The highest BCUT2D eigenvalue weighted by atomic mass is 79.9. The molecule has 7 nitrogen and oxygen atoms in total. The Kier molecular flexibility index (Phi) is 6.75. The number of carbonyl (C=O) groups excluding carboxylic acids is 3. The molecule has 1 saturated heterocycles. The highest BCUT2D eigenvalue weighted by Gasteiger charge is 2.41. The first-order valence-electron chi connectivity index (χ1n) is 7.41. The molecule has 0 aliphatic carbocycles. The monoisotopic (exact) mass is 507 g/mol. The molecule has 0 radical (unpaired) electrons. The van der Waals surface area contributed by atoms with Gasteiger partial charge in [-0.15, -0.1) is 0 Å². The second-order valence-corrected chi connectivity index (χ2v) is 7.70. The number of ether oxygens (including phenoxy) is 2. The van der Waals surface area contributed by atoms with Gasteiger partial charge in [0.2, 0.25) is 0 Å². The summed E-state index contributed by atoms with van der Waals surface area (Å²) < 4.78 is 10.8. The van der Waals surface area contributed by atoms with Gasteiger partial charge in [-0.3, -0.25) is 14.5 Å². The first kappa shape index (κ1) is 20.8. The van der Waals surface area contributed by atoms with Crippen LogP contribution in [-0.4, -0.2) is 46.9 Å². The van der Waals surface area contributed by atoms with Crippen LogP contribution in [0.15, 0.2) is 19.9 Å². The van der Waals surface area contributed by atoms with Crippen LogP contribution < -0.4 is 4.74 Å². The van der Waals surface area contributed by atoms with Crippen LogP contribution >= 0.6 is 43.6 Å². The van der Waals surface area contributed by atoms with Crippen LogP contribution in [0.2, 0.25) is 0 Å². The number of nitrogens with zero attached hydrogens (tertiary/aromatic N) is 1. The van der Waals surface area contributed by atoms with Gasteiger partial charge in [-0.2, -0.15) is 0 Å². The molecule has 2 amide bonds. The summed E-state index contributed by atoms with van der Waals surface area (Å²) >= 11 is 7.31. The molecule has 10 heteroatoms. The van der Waals surface area contributed by atoms with Gasteiger partial charge in [0.25, 0.3) is 11.1 Å². The zero-order valence-electron chi connectivity index (χ0n) is 14.0. The first-order chi connectivity index (χ1) is 12.2. The van der Waals surface area contributed by atoms with E-state index >= 15 is 0 Å². The highest BCUT2D eigenvalue weighted by Crippen LogP contribution is 2.44. The van der Waals surface area contributed by atoms with Crippen molar-refractivity contribution in [2.75, 3.05) is 13.7 Å². The van der Waals surface area contributed by atoms with Gasteiger partial charge in [-0.25, -0.2) is 4.79 Å². The molecule has 1 aliphatic heterocycles. The fourth-order valence-electron chi connectivity index (χ4n) is 2.21. The summed E-state index contributed by atoms with van der Waals surface area (Å²) in [5, 5.41) is 9.53. The van der Waals surface area contributed by atoms with Crippen LogP contribution in [0.1, 0.15) is 19.4 Å². The zero-order valence-corrected chi connectivity index (χ0v) is 18.0. The number of phenolic OH excluding ortho intramolecular Hbond substituents is 1. The van der Waals surface area contributed by atoms with Gasteiger partial charge >= 0.3 is 5.97 Å². The lowest BCUT2D eigenvalue weighted by molar-refractivity contribution is -0.148. The molecule has 26 heavy (non-hydrogen) atoms. The fourth-order valence-corrected chi connectivity index (χ4v) is 3.95. The summed E-state index contributed by atoms with van der Waals surface area (Å²) in [6.45, 7) is 3.54. The Balaban J connectivity index is 2.43. The number of phenols is 1. The minimum Gasteiger partial charge on any atom is -0.503 e. The van der Waals surface area contributed by atoms with Gasteiger partial charge in [0.15, 0.2) is 11.5 Å². The molecule has 1 aromatic rings. The number of halogens is 2. The second-order valence-electron chi connectivity index (χ2n) is 5.12. The Morgan fingerprint density at radius 1 is 1.38 bits per heavy atom. The molecular formula is C16H15Br2NO6S. The molecule has 1 fully saturated rings. The minimum absolute atomic E-state index is 0.0803. The number of hydrogen-bond acceptors (Lipinski definition) is 7. The molecule has 1 aliphatic rings. The highest BCUT2D eigenvalue weighted by molar-refractivity contribution is 9.13. The molecule has 0 bridgehead atoms. The molecule has 0 unspecified atom stereocenters. The van der Waals surface area contributed by atoms with Gasteiger partial charge < -0.3 is 14.6 Å². The number of hydrogen-bond donors (Lipinski definition) is 1. The van der Waals surface area contributed by atoms with Crippen molar-refractivity contribution in [3.8, 4) is 11.5 Å². The molecule has 1 heterocycles. The van der Waals surface area contributed by atoms with E-state index in [4.69, 9.17) is 4.74 Å². The van der Waals surface area contributed by atoms with Crippen molar-refractivity contribution in [1.29, 1.82) is 0 Å². The van der Waals surface area contributed by atoms with Crippen molar-refractivity contribution in [3.05, 3.63) is 25.5 Å². The topological polar surface area (TPSA) is 93.1 Å². The number of amides is 2. The zero-order chi connectivity index (χ0) is 19.6. The summed E-state index contributed by atoms with van der Waals surface area (Å²) in [5.74, 6) is -1.12. The van der Waals surface area contributed by atoms with Crippen molar-refractivity contribution in [3.63, 3.8) is 0 Å². The van der Waals surface area contributed by atoms with E-state index in [1.165, 1.54) is 20.1 Å². The average Bonchev–Trinajstić information content (AvgIpc) is 2.89. The minimum atomic E-state index is -1.02. The third kappa shape index (κ3) is 3.91. The third-order valence-corrected chi connectivity index (χ3v) is 6.56. The van der Waals surface area contributed by atoms with Crippen LogP contribution in [0, 0.1) is 0 Å². The molecular weight excluding hydrogens is 494 g/mol. The van der Waals surface area contributed by atoms with E-state index in [0.717, 1.165) is 16.7 Å². The Morgan fingerprint density at radius 2 is 2.04 bits per heavy atom. The largest absolute Gasteiger partial charge is 0.503 e. The number of methoxy groups -OCH3 is 1. The molecule has 1 atom stereocenters. The molecule has 0 aromatic heterocycles. The van der Waals surface area contributed by atoms with E-state index in [1.807, 2.05) is 0 Å². The van der Waals surface area contributed by atoms with Crippen molar-refractivity contribution < 1.29 is 29.0 Å². The van der Waals surface area contributed by atoms with Crippen LogP contribution in [0.4, 0.5) is 4.79 Å². The van der Waals surface area contributed by atoms with Crippen LogP contribution in [0.25, 0.3) is 6.08 Å². The maximum absolute atomic E-state index is 12.6. The number of benzene rings is 1. The maximum Gasteiger partial charge on any atom is 0.328 e. The Morgan fingerprint density at radius 3 is 2.62 bits per heavy atom. The summed E-state index contributed by atoms with van der Waals surface area (Å²) in [6.07, 6.45) is 1.49. The lowest BCUT2D eigenvalue weighted by Gasteiger charge is -2.18. The Bertz CT molecular complexity index is 810. The van der Waals surface area contributed by atoms with Crippen LogP contribution in [0.5, 0.6) is 11.5 Å². The SMILES string of the molecule is CCOc1cc(/C=C2/SC(=O)N([C@H](C)C(=O)OC)C2=O)c(Br)c(Br)c1O. The number of aromatic hydroxyl groups is 1. The number of carbonyl (C=O) groups is 3. The summed E-state index contributed by atoms with van der Waals surface area (Å²) in [6, 6.07) is 0.526. The maximum atomic E-state index is 12.6. The van der Waals surface area contributed by atoms with Crippen LogP contribution in [0.3, 0.4) is 0 Å². The van der Waals surface area contributed by atoms with Crippen LogP contribution in [-0.2, 0) is 14.3 Å². The number of thioether (sulfide) groups is 1. The molecule has 140 valence electrons. The Hall–Kier alpha value is -1.52. The summed E-state index contributed by atoms with van der Waals surface area (Å²) in [5.41, 5.74) is 0.523. The standard InChI is InChI=1S/C16H15Br2NO6S/c1-4-25-9-5-8(11(17)12(18)13(9)20)6-10-14(21)19(16(23)26-10)7(2)15(22)24-3/h5-7,20H,4H2,1-3H3/b10-6+/t7-/m1/s1. The van der Waals surface area contributed by atoms with E-state index in [-0.39, 0.29) is 16.4 Å².